The van der Waals surface area contributed by atoms with E-state index < -0.39 is 23.9 Å². The molecule has 0 bridgehead atoms. The molecule has 204 valence electrons. The highest BCUT2D eigenvalue weighted by Crippen LogP contribution is 2.19. The summed E-state index contributed by atoms with van der Waals surface area (Å²) in [5.41, 5.74) is 13.7. The van der Waals surface area contributed by atoms with E-state index in [1.54, 1.807) is 18.3 Å². The number of aliphatic imine (C=N–C) groups is 1. The summed E-state index contributed by atoms with van der Waals surface area (Å²) in [6, 6.07) is 5.16. The van der Waals surface area contributed by atoms with Gasteiger partial charge in [0.05, 0.1) is 24.8 Å². The summed E-state index contributed by atoms with van der Waals surface area (Å²) in [7, 11) is 1.82. The Kier molecular flexibility index (Phi) is 9.18. The predicted octanol–water partition coefficient (Wildman–Crippen LogP) is -0.587. The number of nitrogens with zero attached hydrogens (tertiary/aromatic N) is 6. The van der Waals surface area contributed by atoms with Crippen LogP contribution in [0.3, 0.4) is 0 Å². The van der Waals surface area contributed by atoms with E-state index in [4.69, 9.17) is 16.6 Å². The number of hydrogen-bond acceptors (Lipinski definition) is 12. The number of anilines is 3. The van der Waals surface area contributed by atoms with Gasteiger partial charge in [-0.15, -0.1) is 0 Å². The zero-order valence-corrected chi connectivity index (χ0v) is 20.7. The number of fused-ring (bicyclic) bond motifs is 1. The van der Waals surface area contributed by atoms with Crippen LogP contribution in [0, 0.1) is 0 Å². The lowest BCUT2D eigenvalue weighted by Crippen LogP contribution is -2.41. The van der Waals surface area contributed by atoms with Crippen LogP contribution in [0.15, 0.2) is 35.5 Å². The van der Waals surface area contributed by atoms with Crippen molar-refractivity contribution in [3.63, 3.8) is 0 Å². The van der Waals surface area contributed by atoms with Crippen LogP contribution < -0.4 is 27.0 Å². The minimum atomic E-state index is -1.30. The molecule has 2 aromatic heterocycles. The van der Waals surface area contributed by atoms with Crippen molar-refractivity contribution in [2.45, 2.75) is 25.4 Å². The number of carbonyl (C=O) groups is 4. The van der Waals surface area contributed by atoms with Gasteiger partial charge in [0.15, 0.2) is 17.0 Å². The van der Waals surface area contributed by atoms with Gasteiger partial charge in [0, 0.05) is 24.7 Å². The number of aromatic nitrogens is 4. The monoisotopic (exact) mass is 538 g/mol. The molecule has 1 aliphatic rings. The van der Waals surface area contributed by atoms with Crippen molar-refractivity contribution in [2.24, 2.45) is 4.99 Å². The first-order valence-electron chi connectivity index (χ1n) is 11.4. The standard InChI is InChI=1S/C20H22N8O5.C3H4N2O/c1-28(9-11-8-23-17-15(24-11)16(21)26-20(22)27-17)12-4-2-10(3-5-12)18(31)25-13(19(32)33)6-7-14(29)30;6-3-1-4-2-5-3/h2-5,8,13H,6-7,9H2,1H3,(H,25,31)(H,29,30)(H,32,33)(H4,21,22,23,26,27);2H,1H2,(H,4,5,6)/t13-;/m0./s1. The minimum absolute atomic E-state index is 0.0138. The number of aliphatic carboxylic acids is 2. The maximum absolute atomic E-state index is 12.4. The first-order valence-corrected chi connectivity index (χ1v) is 11.4. The molecule has 39 heavy (non-hydrogen) atoms. The average Bonchev–Trinajstić information content (AvgIpc) is 3.37. The normalized spacial score (nSPS) is 12.7. The van der Waals surface area contributed by atoms with Crippen molar-refractivity contribution in [2.75, 3.05) is 30.0 Å². The Hall–Kier alpha value is -5.41. The topological polar surface area (TPSA) is 252 Å². The Labute approximate surface area is 221 Å². The summed E-state index contributed by atoms with van der Waals surface area (Å²) in [6.07, 6.45) is 2.37. The number of amides is 2. The molecule has 1 aliphatic heterocycles. The summed E-state index contributed by atoms with van der Waals surface area (Å²) in [5.74, 6) is -2.93. The second-order valence-corrected chi connectivity index (χ2v) is 8.24. The Morgan fingerprint density at radius 3 is 2.41 bits per heavy atom. The van der Waals surface area contributed by atoms with Gasteiger partial charge >= 0.3 is 11.9 Å². The van der Waals surface area contributed by atoms with Gasteiger partial charge in [0.1, 0.15) is 12.6 Å². The van der Waals surface area contributed by atoms with Crippen LogP contribution in [0.4, 0.5) is 17.5 Å². The van der Waals surface area contributed by atoms with E-state index in [2.05, 4.69) is 35.6 Å². The number of hydrogen-bond donors (Lipinski definition) is 6. The number of nitrogens with two attached hydrogens (primary N) is 2. The molecule has 2 amide bonds. The molecule has 4 rings (SSSR count). The molecule has 16 heteroatoms. The van der Waals surface area contributed by atoms with Crippen LogP contribution >= 0.6 is 0 Å². The molecule has 0 fully saturated rings. The number of nitrogens with one attached hydrogen (secondary N) is 2. The van der Waals surface area contributed by atoms with Crippen LogP contribution in [0.1, 0.15) is 28.9 Å². The van der Waals surface area contributed by atoms with E-state index in [1.807, 2.05) is 11.9 Å². The molecule has 0 aliphatic carbocycles. The van der Waals surface area contributed by atoms with E-state index in [0.29, 0.717) is 29.9 Å². The van der Waals surface area contributed by atoms with Gasteiger partial charge in [-0.25, -0.2) is 14.8 Å². The molecule has 8 N–H and O–H groups in total. The van der Waals surface area contributed by atoms with Gasteiger partial charge in [0.2, 0.25) is 11.9 Å². The van der Waals surface area contributed by atoms with Crippen molar-refractivity contribution in [3.05, 3.63) is 41.7 Å². The molecule has 16 nitrogen and oxygen atoms in total. The van der Waals surface area contributed by atoms with E-state index in [0.717, 1.165) is 5.69 Å². The third-order valence-electron chi connectivity index (χ3n) is 5.27. The molecule has 3 heterocycles. The van der Waals surface area contributed by atoms with E-state index in [1.165, 1.54) is 18.5 Å². The van der Waals surface area contributed by atoms with E-state index in [9.17, 15) is 24.3 Å². The Bertz CT molecular complexity index is 1400. The molecular formula is C23H26N10O6. The number of nitrogen functional groups attached to an aromatic ring is 2. The number of benzene rings is 1. The maximum Gasteiger partial charge on any atom is 0.326 e. The summed E-state index contributed by atoms with van der Waals surface area (Å²) >= 11 is 0. The Balaban J connectivity index is 0.000000617. The van der Waals surface area contributed by atoms with Crippen molar-refractivity contribution in [1.29, 1.82) is 0 Å². The molecular weight excluding hydrogens is 512 g/mol. The minimum Gasteiger partial charge on any atom is -0.481 e. The molecule has 3 aromatic rings. The van der Waals surface area contributed by atoms with Gasteiger partial charge in [-0.05, 0) is 30.7 Å². The van der Waals surface area contributed by atoms with Crippen molar-refractivity contribution in [1.82, 2.24) is 30.6 Å². The van der Waals surface area contributed by atoms with Crippen molar-refractivity contribution >= 4 is 58.7 Å². The van der Waals surface area contributed by atoms with Gasteiger partial charge in [-0.3, -0.25) is 19.4 Å². The summed E-state index contributed by atoms with van der Waals surface area (Å²) in [5, 5.41) is 22.6. The molecule has 1 atom stereocenters. The summed E-state index contributed by atoms with van der Waals surface area (Å²) in [4.78, 5) is 66.3. The number of carboxylic acids is 2. The SMILES string of the molecule is CN(Cc1cnc2nc(N)nc(N)c2n1)c1ccc(C(=O)N[C@@H](CCC(=O)O)C(=O)O)cc1.O=C1CN=CN1. The lowest BCUT2D eigenvalue weighted by atomic mass is 10.1. The fourth-order valence-electron chi connectivity index (χ4n) is 3.32. The second kappa shape index (κ2) is 12.7. The molecule has 0 spiro atoms. The van der Waals surface area contributed by atoms with Crippen molar-refractivity contribution < 1.29 is 29.4 Å². The highest BCUT2D eigenvalue weighted by Gasteiger charge is 2.21. The fourth-order valence-corrected chi connectivity index (χ4v) is 3.32. The fraction of sp³-hybridized carbons (Fsp3) is 0.261. The van der Waals surface area contributed by atoms with E-state index in [-0.39, 0.29) is 36.1 Å². The van der Waals surface area contributed by atoms with Gasteiger partial charge in [0.25, 0.3) is 5.91 Å². The number of carbonyl (C=O) groups excluding carboxylic acids is 2. The third kappa shape index (κ3) is 8.04. The Morgan fingerprint density at radius 2 is 1.85 bits per heavy atom. The molecule has 0 radical (unpaired) electrons. The zero-order valence-electron chi connectivity index (χ0n) is 20.7. The molecule has 1 aromatic carbocycles. The summed E-state index contributed by atoms with van der Waals surface area (Å²) < 4.78 is 0. The van der Waals surface area contributed by atoms with Gasteiger partial charge in [-0.2, -0.15) is 9.97 Å². The van der Waals surface area contributed by atoms with Crippen molar-refractivity contribution in [3.8, 4) is 0 Å². The van der Waals surface area contributed by atoms with Gasteiger partial charge < -0.3 is 37.2 Å². The maximum atomic E-state index is 12.4. The summed E-state index contributed by atoms with van der Waals surface area (Å²) in [6.45, 7) is 0.675. The lowest BCUT2D eigenvalue weighted by molar-refractivity contribution is -0.140. The van der Waals surface area contributed by atoms with Crippen LogP contribution in [0.25, 0.3) is 11.2 Å². The molecule has 0 unspecified atom stereocenters. The second-order valence-electron chi connectivity index (χ2n) is 8.24. The van der Waals surface area contributed by atoms with Crippen LogP contribution in [-0.4, -0.2) is 79.9 Å². The van der Waals surface area contributed by atoms with Crippen LogP contribution in [-0.2, 0) is 20.9 Å². The molecule has 0 saturated heterocycles. The smallest absolute Gasteiger partial charge is 0.326 e. The number of rotatable bonds is 9. The van der Waals surface area contributed by atoms with E-state index >= 15 is 0 Å². The average molecular weight is 539 g/mol. The highest BCUT2D eigenvalue weighted by molar-refractivity contribution is 5.97. The first-order chi connectivity index (χ1) is 18.5. The Morgan fingerprint density at radius 1 is 1.13 bits per heavy atom. The predicted molar refractivity (Wildman–Crippen MR) is 140 cm³/mol. The first kappa shape index (κ1) is 28.2. The quantitative estimate of drug-likeness (QED) is 0.199. The largest absolute Gasteiger partial charge is 0.481 e. The van der Waals surface area contributed by atoms with Crippen LogP contribution in [0.5, 0.6) is 0 Å². The zero-order chi connectivity index (χ0) is 28.5. The molecule has 0 saturated carbocycles. The van der Waals surface area contributed by atoms with Crippen LogP contribution in [0.2, 0.25) is 0 Å². The lowest BCUT2D eigenvalue weighted by Gasteiger charge is -2.19. The number of carboxylic acid groups (broad SMARTS) is 2. The highest BCUT2D eigenvalue weighted by atomic mass is 16.4. The van der Waals surface area contributed by atoms with Gasteiger partial charge in [-0.1, -0.05) is 0 Å². The third-order valence-corrected chi connectivity index (χ3v) is 5.27.